The van der Waals surface area contributed by atoms with Gasteiger partial charge in [-0.05, 0) is 20.3 Å². The molecule has 0 aliphatic carbocycles. The molecule has 1 atom stereocenters. The van der Waals surface area contributed by atoms with Crippen molar-refractivity contribution >= 4 is 5.97 Å². The summed E-state index contributed by atoms with van der Waals surface area (Å²) in [6.45, 7) is 4.10. The Morgan fingerprint density at radius 2 is 2.50 bits per heavy atom. The van der Waals surface area contributed by atoms with E-state index in [1.165, 1.54) is 6.20 Å². The molecule has 0 amide bonds. The predicted molar refractivity (Wildman–Crippen MR) is 57.1 cm³/mol. The Bertz CT molecular complexity index is 479. The van der Waals surface area contributed by atoms with Crippen LogP contribution in [0.15, 0.2) is 6.20 Å². The lowest BCUT2D eigenvalue weighted by molar-refractivity contribution is 0.0522. The summed E-state index contributed by atoms with van der Waals surface area (Å²) in [4.78, 5) is 15.8. The summed E-state index contributed by atoms with van der Waals surface area (Å²) in [7, 11) is 0. The number of aromatic nitrogens is 2. The number of carbonyl (C=O) groups is 1. The van der Waals surface area contributed by atoms with E-state index >= 15 is 0 Å². The van der Waals surface area contributed by atoms with E-state index in [2.05, 4.69) is 4.98 Å². The number of nitrogens with zero attached hydrogens (tertiary/aromatic N) is 2. The Kier molecular flexibility index (Phi) is 2.77. The van der Waals surface area contributed by atoms with Gasteiger partial charge in [-0.15, -0.1) is 0 Å². The van der Waals surface area contributed by atoms with Crippen LogP contribution in [0.25, 0.3) is 0 Å². The van der Waals surface area contributed by atoms with Crippen molar-refractivity contribution in [1.82, 2.24) is 9.55 Å². The summed E-state index contributed by atoms with van der Waals surface area (Å²) in [6, 6.07) is 0.240. The van der Waals surface area contributed by atoms with Crippen molar-refractivity contribution in [2.24, 2.45) is 0 Å². The monoisotopic (exact) mass is 221 g/mol. The number of esters is 1. The van der Waals surface area contributed by atoms with Crippen LogP contribution >= 0.6 is 0 Å². The first kappa shape index (κ1) is 10.9. The van der Waals surface area contributed by atoms with Gasteiger partial charge in [0.1, 0.15) is 16.9 Å². The zero-order chi connectivity index (χ0) is 11.7. The van der Waals surface area contributed by atoms with Crippen LogP contribution in [0.4, 0.5) is 0 Å². The molecule has 0 saturated heterocycles. The van der Waals surface area contributed by atoms with Gasteiger partial charge in [-0.3, -0.25) is 5.41 Å². The van der Waals surface area contributed by atoms with E-state index < -0.39 is 5.97 Å². The lowest BCUT2D eigenvalue weighted by Gasteiger charge is -2.11. The maximum Gasteiger partial charge on any atom is 0.343 e. The molecule has 0 aromatic carbocycles. The maximum atomic E-state index is 11.6. The SMILES string of the molecule is CCOC(=O)c1cnc2n(c1=N)C(C)CC2. The number of fused-ring (bicyclic) bond motifs is 1. The van der Waals surface area contributed by atoms with Gasteiger partial charge in [0.15, 0.2) is 0 Å². The number of hydrogen-bond donors (Lipinski definition) is 1. The molecular weight excluding hydrogens is 206 g/mol. The number of rotatable bonds is 2. The molecule has 1 aliphatic rings. The predicted octanol–water partition coefficient (Wildman–Crippen LogP) is 1.05. The Morgan fingerprint density at radius 1 is 1.75 bits per heavy atom. The number of ether oxygens (including phenoxy) is 1. The zero-order valence-electron chi connectivity index (χ0n) is 9.49. The van der Waals surface area contributed by atoms with Crippen LogP contribution in [0.3, 0.4) is 0 Å². The second-order valence-corrected chi connectivity index (χ2v) is 3.91. The third-order valence-corrected chi connectivity index (χ3v) is 2.84. The number of hydrogen-bond acceptors (Lipinski definition) is 4. The Morgan fingerprint density at radius 3 is 3.19 bits per heavy atom. The fourth-order valence-corrected chi connectivity index (χ4v) is 2.01. The normalized spacial score (nSPS) is 18.2. The molecule has 2 heterocycles. The van der Waals surface area contributed by atoms with Crippen molar-refractivity contribution in [3.05, 3.63) is 23.1 Å². The topological polar surface area (TPSA) is 68.0 Å². The van der Waals surface area contributed by atoms with Crippen LogP contribution in [-0.2, 0) is 11.2 Å². The zero-order valence-corrected chi connectivity index (χ0v) is 9.49. The van der Waals surface area contributed by atoms with Gasteiger partial charge in [0.25, 0.3) is 0 Å². The van der Waals surface area contributed by atoms with E-state index in [1.807, 2.05) is 11.5 Å². The highest BCUT2D eigenvalue weighted by molar-refractivity contribution is 5.88. The molecule has 0 bridgehead atoms. The molecule has 16 heavy (non-hydrogen) atoms. The van der Waals surface area contributed by atoms with Crippen LogP contribution in [0, 0.1) is 5.41 Å². The number of aryl methyl sites for hydroxylation is 1. The van der Waals surface area contributed by atoms with E-state index in [0.29, 0.717) is 6.61 Å². The van der Waals surface area contributed by atoms with Crippen LogP contribution in [0.2, 0.25) is 0 Å². The second-order valence-electron chi connectivity index (χ2n) is 3.91. The van der Waals surface area contributed by atoms with Crippen molar-refractivity contribution in [2.45, 2.75) is 32.7 Å². The third kappa shape index (κ3) is 1.62. The molecule has 5 heteroatoms. The van der Waals surface area contributed by atoms with Gasteiger partial charge in [-0.1, -0.05) is 0 Å². The molecule has 1 aliphatic heterocycles. The number of nitrogens with one attached hydrogen (secondary N) is 1. The van der Waals surface area contributed by atoms with E-state index in [4.69, 9.17) is 10.1 Å². The molecule has 1 aromatic heterocycles. The minimum Gasteiger partial charge on any atom is -0.462 e. The summed E-state index contributed by atoms with van der Waals surface area (Å²) < 4.78 is 6.70. The van der Waals surface area contributed by atoms with Crippen molar-refractivity contribution in [2.75, 3.05) is 6.61 Å². The van der Waals surface area contributed by atoms with E-state index in [0.717, 1.165) is 18.7 Å². The molecular formula is C11H15N3O2. The first-order valence-electron chi connectivity index (χ1n) is 5.47. The second kappa shape index (κ2) is 4.08. The van der Waals surface area contributed by atoms with Crippen LogP contribution < -0.4 is 5.49 Å². The molecule has 2 rings (SSSR count). The summed E-state index contributed by atoms with van der Waals surface area (Å²) >= 11 is 0. The summed E-state index contributed by atoms with van der Waals surface area (Å²) in [6.07, 6.45) is 3.30. The van der Waals surface area contributed by atoms with Crippen LogP contribution in [0.5, 0.6) is 0 Å². The van der Waals surface area contributed by atoms with E-state index in [9.17, 15) is 4.79 Å². The van der Waals surface area contributed by atoms with Crippen molar-refractivity contribution in [3.8, 4) is 0 Å². The molecule has 0 radical (unpaired) electrons. The average Bonchev–Trinajstić information content (AvgIpc) is 2.62. The van der Waals surface area contributed by atoms with Crippen molar-refractivity contribution in [3.63, 3.8) is 0 Å². The highest BCUT2D eigenvalue weighted by Gasteiger charge is 2.22. The van der Waals surface area contributed by atoms with Crippen molar-refractivity contribution < 1.29 is 9.53 Å². The first-order chi connectivity index (χ1) is 7.65. The van der Waals surface area contributed by atoms with Gasteiger partial charge in [-0.25, -0.2) is 9.78 Å². The Labute approximate surface area is 93.6 Å². The minimum atomic E-state index is -0.464. The largest absolute Gasteiger partial charge is 0.462 e. The maximum absolute atomic E-state index is 11.6. The highest BCUT2D eigenvalue weighted by Crippen LogP contribution is 2.20. The van der Waals surface area contributed by atoms with Gasteiger partial charge in [0.2, 0.25) is 0 Å². The van der Waals surface area contributed by atoms with Gasteiger partial charge in [0, 0.05) is 18.7 Å². The molecule has 0 spiro atoms. The Balaban J connectivity index is 2.47. The molecule has 0 saturated carbocycles. The Hall–Kier alpha value is -1.65. The van der Waals surface area contributed by atoms with Crippen molar-refractivity contribution in [1.29, 1.82) is 5.41 Å². The van der Waals surface area contributed by atoms with E-state index in [-0.39, 0.29) is 17.1 Å². The molecule has 86 valence electrons. The third-order valence-electron chi connectivity index (χ3n) is 2.84. The fraction of sp³-hybridized carbons (Fsp3) is 0.545. The number of carbonyl (C=O) groups excluding carboxylic acids is 1. The van der Waals surface area contributed by atoms with Crippen LogP contribution in [0.1, 0.15) is 42.5 Å². The summed E-state index contributed by atoms with van der Waals surface area (Å²) in [5.41, 5.74) is 0.466. The first-order valence-corrected chi connectivity index (χ1v) is 5.47. The fourth-order valence-electron chi connectivity index (χ4n) is 2.01. The van der Waals surface area contributed by atoms with Gasteiger partial charge >= 0.3 is 5.97 Å². The lowest BCUT2D eigenvalue weighted by atomic mass is 10.2. The molecule has 1 N–H and O–H groups in total. The van der Waals surface area contributed by atoms with Gasteiger partial charge < -0.3 is 9.30 Å². The van der Waals surface area contributed by atoms with E-state index in [1.54, 1.807) is 6.92 Å². The minimum absolute atomic E-state index is 0.216. The van der Waals surface area contributed by atoms with Gasteiger partial charge in [-0.2, -0.15) is 0 Å². The smallest absolute Gasteiger partial charge is 0.343 e. The molecule has 1 unspecified atom stereocenters. The highest BCUT2D eigenvalue weighted by atomic mass is 16.5. The molecule has 5 nitrogen and oxygen atoms in total. The standard InChI is InChI=1S/C11H15N3O2/c1-3-16-11(15)8-6-13-9-5-4-7(2)14(9)10(8)12/h6-7,12H,3-5H2,1-2H3. The molecule has 0 fully saturated rings. The average molecular weight is 221 g/mol. The quantitative estimate of drug-likeness (QED) is 0.759. The van der Waals surface area contributed by atoms with Gasteiger partial charge in [0.05, 0.1) is 6.61 Å². The van der Waals surface area contributed by atoms with Crippen LogP contribution in [-0.4, -0.2) is 22.1 Å². The molecule has 1 aromatic rings. The summed E-state index contributed by atoms with van der Waals surface area (Å²) in [5, 5.41) is 7.99. The summed E-state index contributed by atoms with van der Waals surface area (Å²) in [5.74, 6) is 0.417. The lowest BCUT2D eigenvalue weighted by Crippen LogP contribution is -2.29.